The van der Waals surface area contributed by atoms with Crippen molar-refractivity contribution in [3.63, 3.8) is 0 Å². The molecule has 47 heavy (non-hydrogen) atoms. The zero-order valence-corrected chi connectivity index (χ0v) is 26.6. The largest absolute Gasteiger partial charge is 0.459 e. The fraction of sp³-hybridized carbons (Fsp3) is 0.417. The van der Waals surface area contributed by atoms with Crippen molar-refractivity contribution in [2.24, 2.45) is 11.8 Å². The van der Waals surface area contributed by atoms with E-state index in [2.05, 4.69) is 21.4 Å². The van der Waals surface area contributed by atoms with E-state index in [1.165, 1.54) is 6.26 Å². The number of H-pyrrole nitrogens is 1. The van der Waals surface area contributed by atoms with Gasteiger partial charge in [0.25, 0.3) is 5.91 Å². The first-order valence-corrected chi connectivity index (χ1v) is 16.6. The first-order valence-electron chi connectivity index (χ1n) is 16.6. The number of hydrogen-bond donors (Lipinski definition) is 2. The number of nitrogens with zero attached hydrogens (tertiary/aromatic N) is 4. The monoisotopic (exact) mass is 636 g/mol. The van der Waals surface area contributed by atoms with Gasteiger partial charge in [0.15, 0.2) is 5.76 Å². The van der Waals surface area contributed by atoms with Crippen LogP contribution in [0.3, 0.4) is 0 Å². The molecule has 3 aliphatic heterocycles. The summed E-state index contributed by atoms with van der Waals surface area (Å²) in [5.41, 5.74) is 3.10. The van der Waals surface area contributed by atoms with E-state index < -0.39 is 17.4 Å². The molecule has 0 aliphatic carbocycles. The van der Waals surface area contributed by atoms with Gasteiger partial charge in [0.05, 0.1) is 17.7 Å². The summed E-state index contributed by atoms with van der Waals surface area (Å²) < 4.78 is 5.32. The zero-order chi connectivity index (χ0) is 32.5. The number of nitrogens with one attached hydrogen (secondary N) is 2. The lowest BCUT2D eigenvalue weighted by molar-refractivity contribution is -0.167. The van der Waals surface area contributed by atoms with Crippen LogP contribution >= 0.6 is 0 Å². The van der Waals surface area contributed by atoms with Crippen LogP contribution in [0.2, 0.25) is 0 Å². The van der Waals surface area contributed by atoms with Crippen LogP contribution in [-0.2, 0) is 32.8 Å². The molecule has 11 nitrogen and oxygen atoms in total. The van der Waals surface area contributed by atoms with Crippen LogP contribution in [0.25, 0.3) is 10.9 Å². The molecule has 0 radical (unpaired) electrons. The summed E-state index contributed by atoms with van der Waals surface area (Å²) in [6.07, 6.45) is 5.31. The van der Waals surface area contributed by atoms with Crippen molar-refractivity contribution in [2.45, 2.75) is 44.6 Å². The first-order chi connectivity index (χ1) is 22.9. The molecule has 0 spiro atoms. The van der Waals surface area contributed by atoms with Gasteiger partial charge in [-0.1, -0.05) is 31.2 Å². The van der Waals surface area contributed by atoms with Crippen LogP contribution in [0.4, 0.5) is 0 Å². The molecule has 1 aromatic carbocycles. The van der Waals surface area contributed by atoms with Crippen LogP contribution in [0, 0.1) is 11.8 Å². The summed E-state index contributed by atoms with van der Waals surface area (Å²) in [5.74, 6) is -1.41. The zero-order valence-electron chi connectivity index (χ0n) is 26.6. The van der Waals surface area contributed by atoms with Crippen molar-refractivity contribution in [3.8, 4) is 0 Å². The van der Waals surface area contributed by atoms with E-state index >= 15 is 0 Å². The number of benzene rings is 1. The molecule has 7 rings (SSSR count). The molecule has 11 heteroatoms. The normalized spacial score (nSPS) is 22.6. The molecule has 0 bridgehead atoms. The molecule has 4 aromatic rings. The molecular formula is C36H40N6O5. The number of aromatic nitrogens is 2. The number of rotatable bonds is 8. The number of furan rings is 1. The SMILES string of the molecule is CC[C@]12c3[nH]c4ccccc4c3CCN1C(=O)C(CC(=O)NCCc1ccccn1)C[C@@H]2C(=O)N1CCN(C(=O)c2ccco2)CC1. The molecule has 4 amide bonds. The minimum absolute atomic E-state index is 0.0200. The molecule has 2 saturated heterocycles. The van der Waals surface area contributed by atoms with E-state index in [4.69, 9.17) is 4.42 Å². The number of aromatic amines is 1. The van der Waals surface area contributed by atoms with Gasteiger partial charge in [0.2, 0.25) is 17.7 Å². The Morgan fingerprint density at radius 3 is 2.53 bits per heavy atom. The van der Waals surface area contributed by atoms with E-state index in [1.807, 2.05) is 53.1 Å². The maximum Gasteiger partial charge on any atom is 0.289 e. The lowest BCUT2D eigenvalue weighted by Gasteiger charge is -2.56. The van der Waals surface area contributed by atoms with Gasteiger partial charge in [-0.25, -0.2) is 0 Å². The van der Waals surface area contributed by atoms with E-state index in [1.54, 1.807) is 23.2 Å². The molecule has 244 valence electrons. The number of carbonyl (C=O) groups is 4. The second-order valence-electron chi connectivity index (χ2n) is 12.7. The highest BCUT2D eigenvalue weighted by Crippen LogP contribution is 2.52. The maximum absolute atomic E-state index is 14.7. The van der Waals surface area contributed by atoms with Crippen molar-refractivity contribution in [3.05, 3.63) is 89.8 Å². The third-order valence-corrected chi connectivity index (χ3v) is 10.3. The Bertz CT molecular complexity index is 1780. The van der Waals surface area contributed by atoms with Gasteiger partial charge in [-0.05, 0) is 55.2 Å². The van der Waals surface area contributed by atoms with E-state index in [0.717, 1.165) is 27.9 Å². The average Bonchev–Trinajstić information content (AvgIpc) is 3.78. The Morgan fingerprint density at radius 2 is 1.79 bits per heavy atom. The van der Waals surface area contributed by atoms with Crippen molar-refractivity contribution < 1.29 is 23.6 Å². The topological polar surface area (TPSA) is 132 Å². The predicted molar refractivity (Wildman–Crippen MR) is 174 cm³/mol. The number of pyridine rings is 1. The third kappa shape index (κ3) is 5.47. The fourth-order valence-electron chi connectivity index (χ4n) is 8.03. The summed E-state index contributed by atoms with van der Waals surface area (Å²) in [7, 11) is 0. The highest BCUT2D eigenvalue weighted by molar-refractivity contribution is 5.94. The maximum atomic E-state index is 14.7. The highest BCUT2D eigenvalue weighted by Gasteiger charge is 2.59. The molecule has 0 saturated carbocycles. The van der Waals surface area contributed by atoms with E-state index in [-0.39, 0.29) is 42.2 Å². The number of carbonyl (C=O) groups excluding carboxylic acids is 4. The third-order valence-electron chi connectivity index (χ3n) is 10.3. The Hall–Kier alpha value is -4.93. The molecule has 1 unspecified atom stereocenters. The number of fused-ring (bicyclic) bond motifs is 5. The summed E-state index contributed by atoms with van der Waals surface area (Å²) in [6, 6.07) is 17.2. The number of para-hydroxylation sites is 1. The van der Waals surface area contributed by atoms with E-state index in [9.17, 15) is 19.2 Å². The first kappa shape index (κ1) is 30.7. The number of piperazine rings is 1. The van der Waals surface area contributed by atoms with Gasteiger partial charge in [-0.15, -0.1) is 0 Å². The second kappa shape index (κ2) is 12.7. The summed E-state index contributed by atoms with van der Waals surface area (Å²) in [5, 5.41) is 4.08. The lowest BCUT2D eigenvalue weighted by Crippen LogP contribution is -2.66. The summed E-state index contributed by atoms with van der Waals surface area (Å²) >= 11 is 0. The van der Waals surface area contributed by atoms with Crippen molar-refractivity contribution >= 4 is 34.5 Å². The molecular weight excluding hydrogens is 596 g/mol. The number of hydrogen-bond acceptors (Lipinski definition) is 6. The van der Waals surface area contributed by atoms with Crippen molar-refractivity contribution in [1.82, 2.24) is 30.0 Å². The Labute approximate surface area is 273 Å². The van der Waals surface area contributed by atoms with Gasteiger partial charge >= 0.3 is 0 Å². The standard InChI is InChI=1S/C36H40N6O5/c1-2-36-28(34(45)40-17-19-41(20-18-40)35(46)30-11-7-21-47-30)22-24(23-31(43)38-15-12-25-8-5-6-14-37-25)33(44)42(36)16-13-27-26-9-3-4-10-29(26)39-32(27)36/h3-11,14,21,24,28,39H,2,12-13,15-20,22-23H2,1H3,(H,38,43)/t24?,28-,36+/m1/s1. The van der Waals surface area contributed by atoms with Crippen molar-refractivity contribution in [2.75, 3.05) is 39.3 Å². The predicted octanol–water partition coefficient (Wildman–Crippen LogP) is 3.52. The molecule has 3 atom stereocenters. The average molecular weight is 637 g/mol. The molecule has 2 N–H and O–H groups in total. The van der Waals surface area contributed by atoms with Crippen LogP contribution < -0.4 is 5.32 Å². The van der Waals surface area contributed by atoms with Crippen LogP contribution in [0.1, 0.15) is 53.7 Å². The Balaban J connectivity index is 1.15. The van der Waals surface area contributed by atoms with E-state index in [0.29, 0.717) is 58.5 Å². The minimum atomic E-state index is -0.867. The van der Waals surface area contributed by atoms with Gasteiger partial charge in [-0.3, -0.25) is 24.2 Å². The molecule has 3 aromatic heterocycles. The quantitative estimate of drug-likeness (QED) is 0.304. The Kier molecular flexibility index (Phi) is 8.30. The minimum Gasteiger partial charge on any atom is -0.459 e. The van der Waals surface area contributed by atoms with Crippen LogP contribution in [0.15, 0.2) is 71.5 Å². The van der Waals surface area contributed by atoms with Gasteiger partial charge in [-0.2, -0.15) is 0 Å². The fourth-order valence-corrected chi connectivity index (χ4v) is 8.03. The Morgan fingerprint density at radius 1 is 1.00 bits per heavy atom. The number of amides is 4. The molecule has 3 aliphatic rings. The molecule has 2 fully saturated rings. The summed E-state index contributed by atoms with van der Waals surface area (Å²) in [4.78, 5) is 68.5. The van der Waals surface area contributed by atoms with Crippen molar-refractivity contribution in [1.29, 1.82) is 0 Å². The second-order valence-corrected chi connectivity index (χ2v) is 12.7. The molecule has 6 heterocycles. The van der Waals surface area contributed by atoms with Crippen LogP contribution in [-0.4, -0.2) is 87.6 Å². The van der Waals surface area contributed by atoms with Gasteiger partial charge < -0.3 is 29.4 Å². The highest BCUT2D eigenvalue weighted by atomic mass is 16.3. The van der Waals surface area contributed by atoms with Gasteiger partial charge in [0, 0.05) is 86.5 Å². The number of piperidine rings is 1. The summed E-state index contributed by atoms with van der Waals surface area (Å²) in [6.45, 7) is 4.49. The van der Waals surface area contributed by atoms with Gasteiger partial charge in [0.1, 0.15) is 0 Å². The smallest absolute Gasteiger partial charge is 0.289 e. The lowest BCUT2D eigenvalue weighted by atomic mass is 9.65. The van der Waals surface area contributed by atoms with Crippen LogP contribution in [0.5, 0.6) is 0 Å².